The Labute approximate surface area is 171 Å². The first kappa shape index (κ1) is 21.1. The Morgan fingerprint density at radius 2 is 1.93 bits per heavy atom. The van der Waals surface area contributed by atoms with Crippen LogP contribution in [0.4, 0.5) is 0 Å². The summed E-state index contributed by atoms with van der Waals surface area (Å²) in [7, 11) is 0. The van der Waals surface area contributed by atoms with Gasteiger partial charge < -0.3 is 15.2 Å². The molecule has 2 fully saturated rings. The molecule has 3 rings (SSSR count). The Balaban J connectivity index is 1.64. The number of fused-ring (bicyclic) bond motifs is 1. The third kappa shape index (κ3) is 5.27. The second-order valence-corrected chi connectivity index (χ2v) is 9.44. The number of piperidine rings is 1. The molecule has 8 heteroatoms. The quantitative estimate of drug-likeness (QED) is 0.669. The minimum atomic E-state index is -0.337. The van der Waals surface area contributed by atoms with Crippen LogP contribution in [0.2, 0.25) is 0 Å². The number of carbonyl (C=O) groups excluding carboxylic acids is 2. The van der Waals surface area contributed by atoms with Gasteiger partial charge in [-0.1, -0.05) is 38.5 Å². The molecule has 1 aromatic rings. The van der Waals surface area contributed by atoms with Gasteiger partial charge in [-0.05, 0) is 37.5 Å². The second-order valence-electron chi connectivity index (χ2n) is 8.50. The monoisotopic (exact) mass is 407 g/mol. The maximum absolute atomic E-state index is 13.0. The van der Waals surface area contributed by atoms with Crippen LogP contribution in [-0.4, -0.2) is 49.8 Å². The smallest absolute Gasteiger partial charge is 0.233 e. The van der Waals surface area contributed by atoms with Gasteiger partial charge in [0.25, 0.3) is 0 Å². The lowest BCUT2D eigenvalue weighted by Crippen LogP contribution is -2.50. The van der Waals surface area contributed by atoms with E-state index in [1.165, 1.54) is 37.4 Å². The van der Waals surface area contributed by atoms with Crippen LogP contribution >= 0.6 is 11.8 Å². The van der Waals surface area contributed by atoms with Gasteiger partial charge in [0.1, 0.15) is 5.82 Å². The van der Waals surface area contributed by atoms with Gasteiger partial charge in [-0.25, -0.2) is 0 Å². The molecule has 28 heavy (non-hydrogen) atoms. The molecule has 0 aromatic carbocycles. The van der Waals surface area contributed by atoms with Crippen LogP contribution in [0.25, 0.3) is 0 Å². The summed E-state index contributed by atoms with van der Waals surface area (Å²) < 4.78 is 2.05. The highest BCUT2D eigenvalue weighted by Gasteiger charge is 2.35. The van der Waals surface area contributed by atoms with E-state index < -0.39 is 0 Å². The number of nitrogens with two attached hydrogens (primary N) is 1. The second kappa shape index (κ2) is 9.76. The van der Waals surface area contributed by atoms with Crippen molar-refractivity contribution >= 4 is 23.6 Å². The van der Waals surface area contributed by atoms with Gasteiger partial charge in [-0.2, -0.15) is 0 Å². The Hall–Kier alpha value is -1.57. The average molecular weight is 408 g/mol. The molecule has 0 bridgehead atoms. The van der Waals surface area contributed by atoms with Gasteiger partial charge in [0, 0.05) is 32.0 Å². The van der Waals surface area contributed by atoms with E-state index in [2.05, 4.69) is 28.9 Å². The zero-order chi connectivity index (χ0) is 20.1. The summed E-state index contributed by atoms with van der Waals surface area (Å²) in [5.41, 5.74) is 5.28. The number of hydrogen-bond acceptors (Lipinski definition) is 5. The SMILES string of the molecule is CC(C)Cn1c(CCC(N)=O)nnc1SCC(=O)N1CCCC2CCCCC21. The summed E-state index contributed by atoms with van der Waals surface area (Å²) >= 11 is 1.47. The maximum Gasteiger partial charge on any atom is 0.233 e. The number of rotatable bonds is 8. The van der Waals surface area contributed by atoms with Crippen molar-refractivity contribution in [1.82, 2.24) is 19.7 Å². The fraction of sp³-hybridized carbons (Fsp3) is 0.800. The van der Waals surface area contributed by atoms with E-state index in [0.717, 1.165) is 36.9 Å². The molecule has 2 atom stereocenters. The lowest BCUT2D eigenvalue weighted by molar-refractivity contribution is -0.134. The largest absolute Gasteiger partial charge is 0.370 e. The van der Waals surface area contributed by atoms with Gasteiger partial charge in [-0.15, -0.1) is 10.2 Å². The van der Waals surface area contributed by atoms with Crippen molar-refractivity contribution in [2.75, 3.05) is 12.3 Å². The minimum absolute atomic E-state index is 0.222. The predicted molar refractivity (Wildman–Crippen MR) is 110 cm³/mol. The van der Waals surface area contributed by atoms with Crippen molar-refractivity contribution in [1.29, 1.82) is 0 Å². The van der Waals surface area contributed by atoms with E-state index >= 15 is 0 Å². The molecule has 1 aliphatic heterocycles. The standard InChI is InChI=1S/C20H33N5O2S/c1-14(2)12-25-18(10-9-17(21)26)22-23-20(25)28-13-19(27)24-11-5-7-15-6-3-4-8-16(15)24/h14-16H,3-13H2,1-2H3,(H2,21,26). The number of aryl methyl sites for hydroxylation is 1. The molecule has 156 valence electrons. The van der Waals surface area contributed by atoms with E-state index in [-0.39, 0.29) is 18.2 Å². The number of amides is 2. The molecule has 2 N–H and O–H groups in total. The van der Waals surface area contributed by atoms with E-state index in [9.17, 15) is 9.59 Å². The number of primary amides is 1. The fourth-order valence-corrected chi connectivity index (χ4v) is 5.39. The Kier molecular flexibility index (Phi) is 7.37. The number of thioether (sulfide) groups is 1. The summed E-state index contributed by atoms with van der Waals surface area (Å²) in [6.45, 7) is 5.93. The Bertz CT molecular complexity index is 688. The van der Waals surface area contributed by atoms with E-state index in [1.54, 1.807) is 0 Å². The lowest BCUT2D eigenvalue weighted by atomic mass is 9.78. The highest BCUT2D eigenvalue weighted by Crippen LogP contribution is 2.35. The zero-order valence-electron chi connectivity index (χ0n) is 17.1. The molecule has 0 radical (unpaired) electrons. The molecule has 2 heterocycles. The average Bonchev–Trinajstić information content (AvgIpc) is 3.05. The minimum Gasteiger partial charge on any atom is -0.370 e. The number of likely N-dealkylation sites (tertiary alicyclic amines) is 1. The summed E-state index contributed by atoms with van der Waals surface area (Å²) in [6.07, 6.45) is 8.12. The Morgan fingerprint density at radius 3 is 2.68 bits per heavy atom. The van der Waals surface area contributed by atoms with Gasteiger partial charge >= 0.3 is 0 Å². The van der Waals surface area contributed by atoms with Crippen LogP contribution < -0.4 is 5.73 Å². The first-order valence-corrected chi connectivity index (χ1v) is 11.6. The Morgan fingerprint density at radius 1 is 1.18 bits per heavy atom. The van der Waals surface area contributed by atoms with Gasteiger partial charge in [0.15, 0.2) is 5.16 Å². The van der Waals surface area contributed by atoms with Gasteiger partial charge in [0.2, 0.25) is 11.8 Å². The number of carbonyl (C=O) groups is 2. The van der Waals surface area contributed by atoms with Crippen molar-refractivity contribution < 1.29 is 9.59 Å². The number of aromatic nitrogens is 3. The molecule has 1 saturated heterocycles. The third-order valence-corrected chi connectivity index (χ3v) is 6.78. The van der Waals surface area contributed by atoms with Crippen molar-refractivity contribution in [3.05, 3.63) is 5.82 Å². The number of nitrogens with zero attached hydrogens (tertiary/aromatic N) is 4. The van der Waals surface area contributed by atoms with Crippen molar-refractivity contribution in [3.63, 3.8) is 0 Å². The van der Waals surface area contributed by atoms with Crippen LogP contribution in [0.3, 0.4) is 0 Å². The summed E-state index contributed by atoms with van der Waals surface area (Å²) in [6, 6.07) is 0.440. The van der Waals surface area contributed by atoms with Crippen molar-refractivity contribution in [2.24, 2.45) is 17.6 Å². The molecule has 2 amide bonds. The molecular weight excluding hydrogens is 374 g/mol. The summed E-state index contributed by atoms with van der Waals surface area (Å²) in [5.74, 6) is 2.17. The predicted octanol–water partition coefficient (Wildman–Crippen LogP) is 2.63. The van der Waals surface area contributed by atoms with Crippen LogP contribution in [-0.2, 0) is 22.6 Å². The summed E-state index contributed by atoms with van der Waals surface area (Å²) in [4.78, 5) is 26.2. The molecule has 7 nitrogen and oxygen atoms in total. The normalized spacial score (nSPS) is 22.3. The molecule has 1 saturated carbocycles. The topological polar surface area (TPSA) is 94.1 Å². The highest BCUT2D eigenvalue weighted by atomic mass is 32.2. The van der Waals surface area contributed by atoms with Crippen LogP contribution in [0.5, 0.6) is 0 Å². The maximum atomic E-state index is 13.0. The molecule has 1 aromatic heterocycles. The van der Waals surface area contributed by atoms with Crippen molar-refractivity contribution in [2.45, 2.75) is 83.0 Å². The molecular formula is C20H33N5O2S. The number of hydrogen-bond donors (Lipinski definition) is 1. The summed E-state index contributed by atoms with van der Waals surface area (Å²) in [5, 5.41) is 9.32. The van der Waals surface area contributed by atoms with E-state index in [4.69, 9.17) is 5.73 Å². The van der Waals surface area contributed by atoms with E-state index in [0.29, 0.717) is 30.1 Å². The highest BCUT2D eigenvalue weighted by molar-refractivity contribution is 7.99. The zero-order valence-corrected chi connectivity index (χ0v) is 17.9. The van der Waals surface area contributed by atoms with Gasteiger partial charge in [-0.3, -0.25) is 9.59 Å². The third-order valence-electron chi connectivity index (χ3n) is 5.82. The van der Waals surface area contributed by atoms with Crippen LogP contribution in [0.15, 0.2) is 5.16 Å². The van der Waals surface area contributed by atoms with Crippen molar-refractivity contribution in [3.8, 4) is 0 Å². The van der Waals surface area contributed by atoms with E-state index in [1.807, 2.05) is 4.57 Å². The first-order valence-electron chi connectivity index (χ1n) is 10.6. The van der Waals surface area contributed by atoms with Crippen LogP contribution in [0.1, 0.15) is 64.6 Å². The first-order chi connectivity index (χ1) is 13.5. The molecule has 2 aliphatic rings. The molecule has 2 unspecified atom stereocenters. The fourth-order valence-electron chi connectivity index (χ4n) is 4.54. The van der Waals surface area contributed by atoms with Gasteiger partial charge in [0.05, 0.1) is 5.75 Å². The molecule has 0 spiro atoms. The lowest BCUT2D eigenvalue weighted by Gasteiger charge is -2.44. The van der Waals surface area contributed by atoms with Crippen LogP contribution in [0, 0.1) is 11.8 Å². The molecule has 1 aliphatic carbocycles.